The van der Waals surface area contributed by atoms with Crippen LogP contribution in [0.25, 0.3) is 22.2 Å². The molecular formula is C20H17N3OS. The highest BCUT2D eigenvalue weighted by Gasteiger charge is 2.12. The number of rotatable bonds is 4. The van der Waals surface area contributed by atoms with Crippen LogP contribution in [-0.4, -0.2) is 15.5 Å². The van der Waals surface area contributed by atoms with Gasteiger partial charge in [-0.15, -0.1) is 11.3 Å². The van der Waals surface area contributed by atoms with Gasteiger partial charge in [0, 0.05) is 35.1 Å². The Kier molecular flexibility index (Phi) is 4.07. The molecule has 0 aliphatic carbocycles. The molecule has 4 rings (SSSR count). The second-order valence-electron chi connectivity index (χ2n) is 5.91. The summed E-state index contributed by atoms with van der Waals surface area (Å²) in [7, 11) is 2.00. The highest BCUT2D eigenvalue weighted by molar-refractivity contribution is 7.14. The van der Waals surface area contributed by atoms with Crippen molar-refractivity contribution in [3.8, 4) is 11.3 Å². The number of benzene rings is 2. The molecule has 0 saturated carbocycles. The number of hydrogen-bond acceptors (Lipinski definition) is 3. The third kappa shape index (κ3) is 3.19. The maximum Gasteiger partial charge on any atom is 0.230 e. The Hall–Kier alpha value is -2.92. The lowest BCUT2D eigenvalue weighted by Gasteiger charge is -2.01. The number of hydrogen-bond donors (Lipinski definition) is 1. The molecule has 1 amide bonds. The van der Waals surface area contributed by atoms with E-state index in [2.05, 4.69) is 27.0 Å². The van der Waals surface area contributed by atoms with Crippen LogP contribution in [0.15, 0.2) is 66.2 Å². The Morgan fingerprint density at radius 2 is 1.88 bits per heavy atom. The number of aryl methyl sites for hydroxylation is 1. The van der Waals surface area contributed by atoms with Crippen LogP contribution in [0.3, 0.4) is 0 Å². The summed E-state index contributed by atoms with van der Waals surface area (Å²) in [5.74, 6) is -0.0506. The first kappa shape index (κ1) is 15.6. The van der Waals surface area contributed by atoms with Crippen molar-refractivity contribution < 1.29 is 4.79 Å². The summed E-state index contributed by atoms with van der Waals surface area (Å²) in [5, 5.41) is 6.62. The number of nitrogens with one attached hydrogen (secondary N) is 1. The number of amides is 1. The second kappa shape index (κ2) is 6.53. The van der Waals surface area contributed by atoms with E-state index in [1.165, 1.54) is 11.3 Å². The van der Waals surface area contributed by atoms with E-state index >= 15 is 0 Å². The van der Waals surface area contributed by atoms with Crippen LogP contribution >= 0.6 is 11.3 Å². The number of aromatic nitrogens is 2. The first-order chi connectivity index (χ1) is 12.2. The van der Waals surface area contributed by atoms with Crippen molar-refractivity contribution in [2.24, 2.45) is 7.05 Å². The minimum absolute atomic E-state index is 0.0506. The van der Waals surface area contributed by atoms with E-state index in [1.54, 1.807) is 0 Å². The second-order valence-corrected chi connectivity index (χ2v) is 6.77. The van der Waals surface area contributed by atoms with Gasteiger partial charge < -0.3 is 9.88 Å². The summed E-state index contributed by atoms with van der Waals surface area (Å²) in [6, 6.07) is 18.1. The zero-order valence-electron chi connectivity index (χ0n) is 13.8. The molecule has 2 aromatic heterocycles. The molecule has 2 heterocycles. The van der Waals surface area contributed by atoms with Gasteiger partial charge in [-0.05, 0) is 11.6 Å². The molecule has 5 heteroatoms. The predicted octanol–water partition coefficient (Wildman–Crippen LogP) is 4.48. The summed E-state index contributed by atoms with van der Waals surface area (Å²) < 4.78 is 2.05. The summed E-state index contributed by atoms with van der Waals surface area (Å²) in [6.07, 6.45) is 2.35. The van der Waals surface area contributed by atoms with Gasteiger partial charge >= 0.3 is 0 Å². The van der Waals surface area contributed by atoms with Gasteiger partial charge in [-0.25, -0.2) is 4.98 Å². The summed E-state index contributed by atoms with van der Waals surface area (Å²) >= 11 is 1.44. The molecule has 0 fully saturated rings. The van der Waals surface area contributed by atoms with Crippen molar-refractivity contribution in [2.75, 3.05) is 5.32 Å². The lowest BCUT2D eigenvalue weighted by Crippen LogP contribution is -2.14. The molecule has 1 N–H and O–H groups in total. The first-order valence-electron chi connectivity index (χ1n) is 8.04. The summed E-state index contributed by atoms with van der Waals surface area (Å²) in [6.45, 7) is 0. The van der Waals surface area contributed by atoms with Gasteiger partial charge in [0.05, 0.1) is 12.1 Å². The van der Waals surface area contributed by atoms with Crippen molar-refractivity contribution in [2.45, 2.75) is 6.42 Å². The van der Waals surface area contributed by atoms with Crippen LogP contribution in [0.2, 0.25) is 0 Å². The predicted molar refractivity (Wildman–Crippen MR) is 103 cm³/mol. The molecule has 124 valence electrons. The normalized spacial score (nSPS) is 10.9. The third-order valence-corrected chi connectivity index (χ3v) is 4.91. The first-order valence-corrected chi connectivity index (χ1v) is 8.92. The fourth-order valence-electron chi connectivity index (χ4n) is 2.98. The van der Waals surface area contributed by atoms with E-state index in [-0.39, 0.29) is 5.91 Å². The van der Waals surface area contributed by atoms with Crippen LogP contribution in [0, 0.1) is 0 Å². The van der Waals surface area contributed by atoms with E-state index in [0.717, 1.165) is 27.7 Å². The van der Waals surface area contributed by atoms with Crippen molar-refractivity contribution in [3.63, 3.8) is 0 Å². The van der Waals surface area contributed by atoms with E-state index in [4.69, 9.17) is 0 Å². The van der Waals surface area contributed by atoms with Crippen LogP contribution in [0.4, 0.5) is 5.13 Å². The average molecular weight is 347 g/mol. The van der Waals surface area contributed by atoms with Gasteiger partial charge in [-0.2, -0.15) is 0 Å². The number of fused-ring (bicyclic) bond motifs is 1. The molecule has 2 aromatic carbocycles. The summed E-state index contributed by atoms with van der Waals surface area (Å²) in [5.41, 5.74) is 4.08. The molecule has 0 aliphatic heterocycles. The number of nitrogens with zero attached hydrogens (tertiary/aromatic N) is 2. The quantitative estimate of drug-likeness (QED) is 0.591. The van der Waals surface area contributed by atoms with Gasteiger partial charge in [-0.3, -0.25) is 4.79 Å². The van der Waals surface area contributed by atoms with Crippen molar-refractivity contribution in [1.82, 2.24) is 9.55 Å². The lowest BCUT2D eigenvalue weighted by molar-refractivity contribution is -0.115. The maximum absolute atomic E-state index is 12.4. The Labute approximate surface area is 149 Å². The molecular weight excluding hydrogens is 330 g/mol. The Balaban J connectivity index is 1.50. The average Bonchev–Trinajstić information content (AvgIpc) is 3.21. The number of thiazole rings is 1. The molecule has 0 atom stereocenters. The minimum Gasteiger partial charge on any atom is -0.350 e. The Morgan fingerprint density at radius 1 is 1.12 bits per heavy atom. The monoisotopic (exact) mass is 347 g/mol. The molecule has 0 bridgehead atoms. The van der Waals surface area contributed by atoms with E-state index < -0.39 is 0 Å². The lowest BCUT2D eigenvalue weighted by atomic mass is 10.1. The molecule has 4 nitrogen and oxygen atoms in total. The molecule has 0 aliphatic rings. The van der Waals surface area contributed by atoms with Crippen LogP contribution in [0.1, 0.15) is 5.56 Å². The smallest absolute Gasteiger partial charge is 0.230 e. The Morgan fingerprint density at radius 3 is 2.72 bits per heavy atom. The van der Waals surface area contributed by atoms with Crippen LogP contribution < -0.4 is 5.32 Å². The number of para-hydroxylation sites is 1. The van der Waals surface area contributed by atoms with Gasteiger partial charge in [0.2, 0.25) is 5.91 Å². The molecule has 0 radical (unpaired) electrons. The minimum atomic E-state index is -0.0506. The van der Waals surface area contributed by atoms with Gasteiger partial charge in [-0.1, -0.05) is 48.5 Å². The van der Waals surface area contributed by atoms with Crippen LogP contribution in [-0.2, 0) is 18.3 Å². The number of anilines is 1. The van der Waals surface area contributed by atoms with E-state index in [0.29, 0.717) is 11.6 Å². The fourth-order valence-corrected chi connectivity index (χ4v) is 3.71. The third-order valence-electron chi connectivity index (χ3n) is 4.15. The standard InChI is InChI=1S/C20H17N3OS/c1-23-12-15(16-9-5-6-10-18(16)23)11-19(24)22-20-21-17(13-25-20)14-7-3-2-4-8-14/h2-10,12-13H,11H2,1H3,(H,21,22,24). The van der Waals surface area contributed by atoms with E-state index in [9.17, 15) is 4.79 Å². The fraction of sp³-hybridized carbons (Fsp3) is 0.100. The van der Waals surface area contributed by atoms with Crippen molar-refractivity contribution in [1.29, 1.82) is 0 Å². The molecule has 0 unspecified atom stereocenters. The number of carbonyl (C=O) groups excluding carboxylic acids is 1. The highest BCUT2D eigenvalue weighted by atomic mass is 32.1. The maximum atomic E-state index is 12.4. The van der Waals surface area contributed by atoms with Crippen LogP contribution in [0.5, 0.6) is 0 Å². The van der Waals surface area contributed by atoms with Gasteiger partial charge in [0.25, 0.3) is 0 Å². The molecule has 25 heavy (non-hydrogen) atoms. The summed E-state index contributed by atoms with van der Waals surface area (Å²) in [4.78, 5) is 16.9. The van der Waals surface area contributed by atoms with E-state index in [1.807, 2.05) is 61.1 Å². The van der Waals surface area contributed by atoms with Gasteiger partial charge in [0.15, 0.2) is 5.13 Å². The molecule has 0 spiro atoms. The zero-order valence-corrected chi connectivity index (χ0v) is 14.6. The van der Waals surface area contributed by atoms with Crippen molar-refractivity contribution in [3.05, 3.63) is 71.7 Å². The number of carbonyl (C=O) groups is 1. The van der Waals surface area contributed by atoms with Gasteiger partial charge in [0.1, 0.15) is 0 Å². The molecule has 0 saturated heterocycles. The topological polar surface area (TPSA) is 46.9 Å². The zero-order chi connectivity index (χ0) is 17.2. The highest BCUT2D eigenvalue weighted by Crippen LogP contribution is 2.25. The SMILES string of the molecule is Cn1cc(CC(=O)Nc2nc(-c3ccccc3)cs2)c2ccccc21. The Bertz CT molecular complexity index is 1030. The largest absolute Gasteiger partial charge is 0.350 e. The van der Waals surface area contributed by atoms with Crippen molar-refractivity contribution >= 4 is 33.3 Å². The molecule has 4 aromatic rings.